The van der Waals surface area contributed by atoms with Crippen molar-refractivity contribution in [3.8, 4) is 0 Å². The number of hydrogen-bond donors (Lipinski definition) is 1. The first-order valence-corrected chi connectivity index (χ1v) is 6.73. The minimum absolute atomic E-state index is 0.260. The number of amides is 1. The first-order chi connectivity index (χ1) is 8.97. The summed E-state index contributed by atoms with van der Waals surface area (Å²) in [6, 6.07) is -0.337. The molecule has 0 bridgehead atoms. The van der Waals surface area contributed by atoms with E-state index in [1.54, 1.807) is 13.8 Å². The third-order valence-electron chi connectivity index (χ3n) is 2.41. The number of carbonyl (C=O) groups excluding carboxylic acids is 1. The van der Waals surface area contributed by atoms with E-state index in [-0.39, 0.29) is 17.9 Å². The molecule has 0 spiro atoms. The molecule has 1 atom stereocenters. The smallest absolute Gasteiger partial charge is 0.282 e. The average Bonchev–Trinajstić information content (AvgIpc) is 2.96. The Kier molecular flexibility index (Phi) is 3.89. The van der Waals surface area contributed by atoms with Crippen LogP contribution >= 0.6 is 11.3 Å². The van der Waals surface area contributed by atoms with Gasteiger partial charge >= 0.3 is 0 Å². The van der Waals surface area contributed by atoms with Gasteiger partial charge in [0.25, 0.3) is 5.91 Å². The molecule has 0 aliphatic carbocycles. The fourth-order valence-corrected chi connectivity index (χ4v) is 2.12. The Morgan fingerprint density at radius 3 is 2.58 bits per heavy atom. The highest BCUT2D eigenvalue weighted by molar-refractivity contribution is 7.13. The first-order valence-electron chi connectivity index (χ1n) is 5.92. The summed E-state index contributed by atoms with van der Waals surface area (Å²) in [6.45, 7) is 7.50. The highest BCUT2D eigenvalue weighted by Crippen LogP contribution is 2.19. The van der Waals surface area contributed by atoms with Crippen molar-refractivity contribution in [3.05, 3.63) is 21.7 Å². The van der Waals surface area contributed by atoms with Gasteiger partial charge in [-0.3, -0.25) is 4.79 Å². The number of hydrogen-bond acceptors (Lipinski definition) is 7. The third kappa shape index (κ3) is 3.14. The topological polar surface area (TPSA) is 93.8 Å². The Morgan fingerprint density at radius 1 is 1.32 bits per heavy atom. The van der Waals surface area contributed by atoms with Crippen LogP contribution in [0.2, 0.25) is 0 Å². The van der Waals surface area contributed by atoms with Gasteiger partial charge in [0.2, 0.25) is 10.9 Å². The second kappa shape index (κ2) is 5.43. The van der Waals surface area contributed by atoms with Crippen molar-refractivity contribution in [1.82, 2.24) is 25.7 Å². The monoisotopic (exact) mass is 281 g/mol. The van der Waals surface area contributed by atoms with Gasteiger partial charge in [0.1, 0.15) is 5.01 Å². The summed E-state index contributed by atoms with van der Waals surface area (Å²) in [4.78, 5) is 16.0. The van der Waals surface area contributed by atoms with E-state index in [2.05, 4.69) is 25.7 Å². The van der Waals surface area contributed by atoms with Crippen LogP contribution in [0.4, 0.5) is 0 Å². The zero-order chi connectivity index (χ0) is 14.0. The molecule has 2 rings (SSSR count). The highest BCUT2D eigenvalue weighted by atomic mass is 32.1. The lowest BCUT2D eigenvalue weighted by molar-refractivity contribution is 0.0936. The largest absolute Gasteiger partial charge is 0.340 e. The molecule has 0 unspecified atom stereocenters. The first kappa shape index (κ1) is 13.6. The van der Waals surface area contributed by atoms with Gasteiger partial charge in [-0.1, -0.05) is 30.3 Å². The van der Waals surface area contributed by atoms with E-state index in [4.69, 9.17) is 4.52 Å². The molecular formula is C11H15N5O2S. The van der Waals surface area contributed by atoms with E-state index in [0.29, 0.717) is 16.7 Å². The van der Waals surface area contributed by atoms with Crippen LogP contribution in [-0.4, -0.2) is 26.2 Å². The van der Waals surface area contributed by atoms with Gasteiger partial charge in [0, 0.05) is 12.8 Å². The van der Waals surface area contributed by atoms with Crippen molar-refractivity contribution in [3.63, 3.8) is 0 Å². The van der Waals surface area contributed by atoms with E-state index in [0.717, 1.165) is 5.01 Å². The minimum atomic E-state index is -0.337. The Balaban J connectivity index is 2.04. The van der Waals surface area contributed by atoms with Crippen molar-refractivity contribution in [2.75, 3.05) is 0 Å². The molecule has 2 heterocycles. The van der Waals surface area contributed by atoms with Crippen LogP contribution in [-0.2, 0) is 0 Å². The van der Waals surface area contributed by atoms with E-state index in [1.165, 1.54) is 11.3 Å². The van der Waals surface area contributed by atoms with Crippen LogP contribution < -0.4 is 5.32 Å². The maximum Gasteiger partial charge on any atom is 0.282 e. The Morgan fingerprint density at radius 2 is 2.05 bits per heavy atom. The zero-order valence-corrected chi connectivity index (χ0v) is 12.0. The van der Waals surface area contributed by atoms with Gasteiger partial charge < -0.3 is 9.84 Å². The summed E-state index contributed by atoms with van der Waals surface area (Å²) in [7, 11) is 0. The summed E-state index contributed by atoms with van der Waals surface area (Å²) < 4.78 is 4.87. The highest BCUT2D eigenvalue weighted by Gasteiger charge is 2.19. The molecule has 8 heteroatoms. The van der Waals surface area contributed by atoms with E-state index in [1.807, 2.05) is 13.8 Å². The number of nitrogens with zero attached hydrogens (tertiary/aromatic N) is 4. The van der Waals surface area contributed by atoms with Gasteiger partial charge in [-0.25, -0.2) is 0 Å². The van der Waals surface area contributed by atoms with Gasteiger partial charge in [-0.15, -0.1) is 10.2 Å². The number of nitrogens with one attached hydrogen (secondary N) is 1. The number of carbonyl (C=O) groups is 1. The average molecular weight is 281 g/mol. The lowest BCUT2D eigenvalue weighted by Crippen LogP contribution is -2.27. The zero-order valence-electron chi connectivity index (χ0n) is 11.2. The quantitative estimate of drug-likeness (QED) is 0.919. The maximum atomic E-state index is 12.0. The SMILES string of the molecule is Cc1nc([C@H](C)NC(=O)c2nnc(C(C)C)s2)no1. The molecule has 0 saturated heterocycles. The molecule has 0 aliphatic heterocycles. The Bertz CT molecular complexity index is 577. The Hall–Kier alpha value is -1.83. The van der Waals surface area contributed by atoms with Crippen LogP contribution in [0.5, 0.6) is 0 Å². The summed E-state index contributed by atoms with van der Waals surface area (Å²) >= 11 is 1.29. The molecule has 19 heavy (non-hydrogen) atoms. The van der Waals surface area contributed by atoms with Crippen LogP contribution in [0.15, 0.2) is 4.52 Å². The van der Waals surface area contributed by atoms with Crippen molar-refractivity contribution in [1.29, 1.82) is 0 Å². The van der Waals surface area contributed by atoms with Crippen molar-refractivity contribution in [2.24, 2.45) is 0 Å². The molecule has 102 valence electrons. The van der Waals surface area contributed by atoms with Crippen LogP contribution in [0, 0.1) is 6.92 Å². The molecule has 1 N–H and O–H groups in total. The Labute approximate surface area is 114 Å². The summed E-state index contributed by atoms with van der Waals surface area (Å²) in [5.41, 5.74) is 0. The van der Waals surface area contributed by atoms with E-state index >= 15 is 0 Å². The second-order valence-electron chi connectivity index (χ2n) is 4.47. The normalized spacial score (nSPS) is 12.7. The van der Waals surface area contributed by atoms with Crippen molar-refractivity contribution >= 4 is 17.2 Å². The van der Waals surface area contributed by atoms with Crippen LogP contribution in [0.3, 0.4) is 0 Å². The maximum absolute atomic E-state index is 12.0. The van der Waals surface area contributed by atoms with Crippen molar-refractivity contribution in [2.45, 2.75) is 39.7 Å². The molecule has 0 fully saturated rings. The fourth-order valence-electron chi connectivity index (χ4n) is 1.37. The third-order valence-corrected chi connectivity index (χ3v) is 3.63. The lowest BCUT2D eigenvalue weighted by Gasteiger charge is -2.07. The molecule has 2 aromatic heterocycles. The lowest BCUT2D eigenvalue weighted by atomic mass is 10.2. The number of aryl methyl sites for hydroxylation is 1. The summed E-state index contributed by atoms with van der Waals surface area (Å²) in [5.74, 6) is 0.893. The molecule has 0 saturated carbocycles. The predicted molar refractivity (Wildman–Crippen MR) is 68.9 cm³/mol. The second-order valence-corrected chi connectivity index (χ2v) is 5.48. The molecule has 0 aliphatic rings. The van der Waals surface area contributed by atoms with Gasteiger partial charge in [-0.2, -0.15) is 4.98 Å². The molecule has 2 aromatic rings. The van der Waals surface area contributed by atoms with Crippen molar-refractivity contribution < 1.29 is 9.32 Å². The predicted octanol–water partition coefficient (Wildman–Crippen LogP) is 1.84. The van der Waals surface area contributed by atoms with Gasteiger partial charge in [0.05, 0.1) is 6.04 Å². The molecule has 0 radical (unpaired) electrons. The van der Waals surface area contributed by atoms with E-state index in [9.17, 15) is 4.79 Å². The van der Waals surface area contributed by atoms with Gasteiger partial charge in [0.15, 0.2) is 5.82 Å². The number of aromatic nitrogens is 4. The molecule has 0 aromatic carbocycles. The number of rotatable bonds is 4. The van der Waals surface area contributed by atoms with E-state index < -0.39 is 0 Å². The fraction of sp³-hybridized carbons (Fsp3) is 0.545. The van der Waals surface area contributed by atoms with Crippen LogP contribution in [0.1, 0.15) is 59.3 Å². The molecular weight excluding hydrogens is 266 g/mol. The standard InChI is InChI=1S/C11H15N5O2S/c1-5(2)10-14-15-11(19-10)9(17)12-6(3)8-13-7(4)18-16-8/h5-6H,1-4H3,(H,12,17)/t6-/m0/s1. The van der Waals surface area contributed by atoms with Gasteiger partial charge in [-0.05, 0) is 6.92 Å². The minimum Gasteiger partial charge on any atom is -0.340 e. The molecule has 1 amide bonds. The summed E-state index contributed by atoms with van der Waals surface area (Å²) in [5, 5.41) is 15.6. The van der Waals surface area contributed by atoms with Crippen LogP contribution in [0.25, 0.3) is 0 Å². The summed E-state index contributed by atoms with van der Waals surface area (Å²) in [6.07, 6.45) is 0. The molecule has 7 nitrogen and oxygen atoms in total.